The molecule has 3 nitrogen and oxygen atoms in total. The van der Waals surface area contributed by atoms with Crippen molar-refractivity contribution in [3.05, 3.63) is 34.9 Å². The van der Waals surface area contributed by atoms with E-state index < -0.39 is 12.1 Å². The molecule has 0 bridgehead atoms. The van der Waals surface area contributed by atoms with Gasteiger partial charge in [-0.2, -0.15) is 0 Å². The highest BCUT2D eigenvalue weighted by molar-refractivity contribution is 5.67. The Balaban J connectivity index is 2.85. The minimum absolute atomic E-state index is 0.248. The summed E-state index contributed by atoms with van der Waals surface area (Å²) in [4.78, 5) is 10.4. The SMILES string of the molecule is Cc1ccc([C@@H](O)CC(=O)O)cc1C. The van der Waals surface area contributed by atoms with Crippen molar-refractivity contribution < 1.29 is 15.0 Å². The first kappa shape index (κ1) is 10.7. The van der Waals surface area contributed by atoms with E-state index in [0.717, 1.165) is 11.1 Å². The number of aryl methyl sites for hydroxylation is 2. The maximum atomic E-state index is 10.4. The molecule has 0 spiro atoms. The van der Waals surface area contributed by atoms with Crippen LogP contribution in [0.1, 0.15) is 29.2 Å². The fourth-order valence-corrected chi connectivity index (χ4v) is 1.26. The normalized spacial score (nSPS) is 12.5. The molecule has 0 radical (unpaired) electrons. The number of carboxylic acid groups (broad SMARTS) is 1. The topological polar surface area (TPSA) is 57.5 Å². The van der Waals surface area contributed by atoms with Crippen molar-refractivity contribution in [2.75, 3.05) is 0 Å². The fraction of sp³-hybridized carbons (Fsp3) is 0.364. The zero-order chi connectivity index (χ0) is 10.7. The van der Waals surface area contributed by atoms with Crippen LogP contribution in [0.25, 0.3) is 0 Å². The van der Waals surface area contributed by atoms with Gasteiger partial charge in [-0.05, 0) is 30.5 Å². The van der Waals surface area contributed by atoms with Gasteiger partial charge < -0.3 is 10.2 Å². The van der Waals surface area contributed by atoms with Crippen molar-refractivity contribution in [1.29, 1.82) is 0 Å². The van der Waals surface area contributed by atoms with Crippen molar-refractivity contribution in [3.8, 4) is 0 Å². The Kier molecular flexibility index (Phi) is 3.25. The third-order valence-corrected chi connectivity index (χ3v) is 2.28. The lowest BCUT2D eigenvalue weighted by Gasteiger charge is -2.10. The lowest BCUT2D eigenvalue weighted by molar-refractivity contribution is -0.139. The predicted molar refractivity (Wildman–Crippen MR) is 53.1 cm³/mol. The molecule has 14 heavy (non-hydrogen) atoms. The Labute approximate surface area is 83.0 Å². The highest BCUT2D eigenvalue weighted by atomic mass is 16.4. The second kappa shape index (κ2) is 4.24. The Hall–Kier alpha value is -1.35. The Morgan fingerprint density at radius 2 is 2.00 bits per heavy atom. The lowest BCUT2D eigenvalue weighted by atomic mass is 10.0. The van der Waals surface area contributed by atoms with Gasteiger partial charge >= 0.3 is 5.97 Å². The molecule has 3 heteroatoms. The van der Waals surface area contributed by atoms with E-state index in [-0.39, 0.29) is 6.42 Å². The van der Waals surface area contributed by atoms with Crippen LogP contribution in [0, 0.1) is 13.8 Å². The lowest BCUT2D eigenvalue weighted by Crippen LogP contribution is -2.05. The van der Waals surface area contributed by atoms with E-state index in [4.69, 9.17) is 5.11 Å². The van der Waals surface area contributed by atoms with Crippen molar-refractivity contribution in [2.45, 2.75) is 26.4 Å². The quantitative estimate of drug-likeness (QED) is 0.771. The van der Waals surface area contributed by atoms with Crippen LogP contribution in [0.2, 0.25) is 0 Å². The summed E-state index contributed by atoms with van der Waals surface area (Å²) in [7, 11) is 0. The smallest absolute Gasteiger partial charge is 0.306 e. The summed E-state index contributed by atoms with van der Waals surface area (Å²) in [6.45, 7) is 3.91. The third-order valence-electron chi connectivity index (χ3n) is 2.28. The zero-order valence-electron chi connectivity index (χ0n) is 8.32. The van der Waals surface area contributed by atoms with E-state index in [9.17, 15) is 9.90 Å². The van der Waals surface area contributed by atoms with Crippen LogP contribution in [-0.4, -0.2) is 16.2 Å². The average Bonchev–Trinajstić information content (AvgIpc) is 2.08. The molecule has 0 unspecified atom stereocenters. The van der Waals surface area contributed by atoms with Crippen LogP contribution in [-0.2, 0) is 4.79 Å². The minimum atomic E-state index is -0.990. The number of aliphatic hydroxyl groups is 1. The molecule has 0 aliphatic rings. The monoisotopic (exact) mass is 194 g/mol. The number of rotatable bonds is 3. The molecule has 0 amide bonds. The summed E-state index contributed by atoms with van der Waals surface area (Å²) in [5.74, 6) is -0.990. The molecule has 1 aromatic carbocycles. The van der Waals surface area contributed by atoms with Gasteiger partial charge in [0.05, 0.1) is 12.5 Å². The molecule has 0 aliphatic heterocycles. The summed E-state index contributed by atoms with van der Waals surface area (Å²) in [6, 6.07) is 5.47. The summed E-state index contributed by atoms with van der Waals surface area (Å²) in [5.41, 5.74) is 2.86. The zero-order valence-corrected chi connectivity index (χ0v) is 8.32. The molecule has 1 atom stereocenters. The number of carbonyl (C=O) groups is 1. The van der Waals surface area contributed by atoms with E-state index in [1.54, 1.807) is 6.07 Å². The third kappa shape index (κ3) is 2.57. The van der Waals surface area contributed by atoms with E-state index >= 15 is 0 Å². The van der Waals surface area contributed by atoms with Gasteiger partial charge in [-0.3, -0.25) is 4.79 Å². The first-order chi connectivity index (χ1) is 6.50. The van der Waals surface area contributed by atoms with E-state index in [1.165, 1.54) is 0 Å². The van der Waals surface area contributed by atoms with Gasteiger partial charge in [0.2, 0.25) is 0 Å². The van der Waals surface area contributed by atoms with Crippen molar-refractivity contribution in [1.82, 2.24) is 0 Å². The first-order valence-electron chi connectivity index (χ1n) is 4.47. The molecule has 0 heterocycles. The first-order valence-corrected chi connectivity index (χ1v) is 4.47. The number of aliphatic carboxylic acids is 1. The van der Waals surface area contributed by atoms with Gasteiger partial charge in [0, 0.05) is 0 Å². The molecule has 1 aromatic rings. The summed E-state index contributed by atoms with van der Waals surface area (Å²) in [5, 5.41) is 18.0. The van der Waals surface area contributed by atoms with Gasteiger partial charge in [-0.15, -0.1) is 0 Å². The summed E-state index contributed by atoms with van der Waals surface area (Å²) < 4.78 is 0. The fourth-order valence-electron chi connectivity index (χ4n) is 1.26. The van der Waals surface area contributed by atoms with Crippen LogP contribution >= 0.6 is 0 Å². The van der Waals surface area contributed by atoms with Crippen molar-refractivity contribution >= 4 is 5.97 Å². The van der Waals surface area contributed by atoms with Crippen LogP contribution in [0.5, 0.6) is 0 Å². The molecule has 0 saturated heterocycles. The van der Waals surface area contributed by atoms with Gasteiger partial charge in [-0.1, -0.05) is 18.2 Å². The second-order valence-electron chi connectivity index (χ2n) is 3.46. The molecule has 76 valence electrons. The molecule has 0 aromatic heterocycles. The average molecular weight is 194 g/mol. The number of carboxylic acids is 1. The Morgan fingerprint density at radius 3 is 2.50 bits per heavy atom. The Bertz CT molecular complexity index is 344. The number of hydrogen-bond acceptors (Lipinski definition) is 2. The highest BCUT2D eigenvalue weighted by Crippen LogP contribution is 2.19. The standard InChI is InChI=1S/C11H14O3/c1-7-3-4-9(5-8(7)2)10(12)6-11(13)14/h3-5,10,12H,6H2,1-2H3,(H,13,14)/t10-/m0/s1. The van der Waals surface area contributed by atoms with Crippen LogP contribution in [0.3, 0.4) is 0 Å². The minimum Gasteiger partial charge on any atom is -0.481 e. The van der Waals surface area contributed by atoms with Gasteiger partial charge in [-0.25, -0.2) is 0 Å². The molecule has 0 aliphatic carbocycles. The van der Waals surface area contributed by atoms with Crippen molar-refractivity contribution in [2.24, 2.45) is 0 Å². The van der Waals surface area contributed by atoms with Crippen LogP contribution < -0.4 is 0 Å². The van der Waals surface area contributed by atoms with E-state index in [1.807, 2.05) is 26.0 Å². The number of hydrogen-bond donors (Lipinski definition) is 2. The van der Waals surface area contributed by atoms with E-state index in [0.29, 0.717) is 5.56 Å². The van der Waals surface area contributed by atoms with Gasteiger partial charge in [0.25, 0.3) is 0 Å². The van der Waals surface area contributed by atoms with Crippen LogP contribution in [0.4, 0.5) is 0 Å². The number of aliphatic hydroxyl groups excluding tert-OH is 1. The molecular weight excluding hydrogens is 180 g/mol. The Morgan fingerprint density at radius 1 is 1.36 bits per heavy atom. The maximum Gasteiger partial charge on any atom is 0.306 e. The molecular formula is C11H14O3. The molecule has 2 N–H and O–H groups in total. The predicted octanol–water partition coefficient (Wildman–Crippen LogP) is 1.81. The highest BCUT2D eigenvalue weighted by Gasteiger charge is 2.12. The molecule has 1 rings (SSSR count). The second-order valence-corrected chi connectivity index (χ2v) is 3.46. The van der Waals surface area contributed by atoms with Gasteiger partial charge in [0.15, 0.2) is 0 Å². The largest absolute Gasteiger partial charge is 0.481 e. The van der Waals surface area contributed by atoms with Gasteiger partial charge in [0.1, 0.15) is 0 Å². The molecule has 0 saturated carbocycles. The summed E-state index contributed by atoms with van der Waals surface area (Å²) >= 11 is 0. The van der Waals surface area contributed by atoms with Crippen LogP contribution in [0.15, 0.2) is 18.2 Å². The maximum absolute atomic E-state index is 10.4. The summed E-state index contributed by atoms with van der Waals surface area (Å²) in [6.07, 6.45) is -1.16. The number of benzene rings is 1. The molecule has 0 fully saturated rings. The van der Waals surface area contributed by atoms with E-state index in [2.05, 4.69) is 0 Å². The van der Waals surface area contributed by atoms with Crippen molar-refractivity contribution in [3.63, 3.8) is 0 Å².